The average Bonchev–Trinajstić information content (AvgIpc) is 2.49. The number of ether oxygens (including phenoxy) is 2. The Balaban J connectivity index is 2.40. The van der Waals surface area contributed by atoms with Crippen LogP contribution < -0.4 is 9.47 Å². The van der Waals surface area contributed by atoms with Crippen molar-refractivity contribution in [2.24, 2.45) is 0 Å². The van der Waals surface area contributed by atoms with Crippen LogP contribution in [0.3, 0.4) is 0 Å². The van der Waals surface area contributed by atoms with E-state index in [1.807, 2.05) is 0 Å². The van der Waals surface area contributed by atoms with Gasteiger partial charge in [0.2, 0.25) is 0 Å². The molecule has 2 aromatic carbocycles. The van der Waals surface area contributed by atoms with Crippen LogP contribution in [0, 0.1) is 5.82 Å². The Morgan fingerprint density at radius 3 is 2.48 bits per heavy atom. The number of hydrogen-bond acceptors (Lipinski definition) is 4. The lowest BCUT2D eigenvalue weighted by Gasteiger charge is -2.13. The van der Waals surface area contributed by atoms with Crippen LogP contribution in [-0.2, 0) is 6.61 Å². The molecule has 0 aromatic heterocycles. The zero-order chi connectivity index (χ0) is 15.4. The number of aliphatic hydroxyl groups is 1. The largest absolute Gasteiger partial charge is 0.493 e. The molecule has 0 saturated carbocycles. The summed E-state index contributed by atoms with van der Waals surface area (Å²) in [6, 6.07) is 7.95. The number of carbonyl (C=O) groups is 1. The summed E-state index contributed by atoms with van der Waals surface area (Å²) < 4.78 is 23.7. The number of aliphatic hydroxyl groups excluding tert-OH is 1. The Morgan fingerprint density at radius 1 is 1.14 bits per heavy atom. The lowest BCUT2D eigenvalue weighted by Crippen LogP contribution is -2.01. The van der Waals surface area contributed by atoms with Crippen molar-refractivity contribution in [2.75, 3.05) is 7.11 Å². The van der Waals surface area contributed by atoms with Crippen LogP contribution in [-0.4, -0.2) is 23.3 Å². The summed E-state index contributed by atoms with van der Waals surface area (Å²) >= 11 is 0. The molecule has 2 aromatic rings. The Bertz CT molecular complexity index is 669. The number of rotatable bonds is 5. The molecule has 6 heteroatoms. The Kier molecular flexibility index (Phi) is 4.39. The molecule has 0 aliphatic rings. The third-order valence-corrected chi connectivity index (χ3v) is 2.80. The molecular formula is C15H13FO5. The van der Waals surface area contributed by atoms with Gasteiger partial charge >= 0.3 is 5.97 Å². The summed E-state index contributed by atoms with van der Waals surface area (Å²) in [5.74, 6) is -1.36. The Labute approximate surface area is 120 Å². The van der Waals surface area contributed by atoms with Crippen molar-refractivity contribution < 1.29 is 28.9 Å². The van der Waals surface area contributed by atoms with Crippen LogP contribution in [0.15, 0.2) is 36.4 Å². The van der Waals surface area contributed by atoms with Gasteiger partial charge in [-0.3, -0.25) is 0 Å². The van der Waals surface area contributed by atoms with Crippen molar-refractivity contribution >= 4 is 5.97 Å². The van der Waals surface area contributed by atoms with Gasteiger partial charge in [-0.2, -0.15) is 0 Å². The van der Waals surface area contributed by atoms with Gasteiger partial charge in [0.05, 0.1) is 13.7 Å². The molecular weight excluding hydrogens is 279 g/mol. The van der Waals surface area contributed by atoms with E-state index in [0.29, 0.717) is 11.3 Å². The first-order valence-electron chi connectivity index (χ1n) is 6.03. The van der Waals surface area contributed by atoms with Gasteiger partial charge in [0, 0.05) is 0 Å². The first-order chi connectivity index (χ1) is 10.0. The van der Waals surface area contributed by atoms with Crippen molar-refractivity contribution in [2.45, 2.75) is 6.61 Å². The molecule has 2 rings (SSSR count). The van der Waals surface area contributed by atoms with Crippen LogP contribution in [0.1, 0.15) is 15.9 Å². The molecule has 0 aliphatic heterocycles. The maximum Gasteiger partial charge on any atom is 0.339 e. The summed E-state index contributed by atoms with van der Waals surface area (Å²) in [6.45, 7) is -0.159. The van der Waals surface area contributed by atoms with E-state index in [-0.39, 0.29) is 23.7 Å². The molecule has 21 heavy (non-hydrogen) atoms. The van der Waals surface area contributed by atoms with Crippen LogP contribution in [0.4, 0.5) is 4.39 Å². The lowest BCUT2D eigenvalue weighted by atomic mass is 10.2. The number of carboxylic acid groups (broad SMARTS) is 1. The van der Waals surface area contributed by atoms with Crippen molar-refractivity contribution in [3.05, 3.63) is 53.3 Å². The maximum absolute atomic E-state index is 13.1. The third kappa shape index (κ3) is 3.29. The van der Waals surface area contributed by atoms with E-state index in [4.69, 9.17) is 19.7 Å². The molecule has 0 unspecified atom stereocenters. The molecule has 5 nitrogen and oxygen atoms in total. The Morgan fingerprint density at radius 2 is 1.86 bits per heavy atom. The molecule has 0 radical (unpaired) electrons. The van der Waals surface area contributed by atoms with E-state index in [0.717, 1.165) is 12.1 Å². The van der Waals surface area contributed by atoms with Crippen molar-refractivity contribution in [1.82, 2.24) is 0 Å². The van der Waals surface area contributed by atoms with Gasteiger partial charge in [-0.1, -0.05) is 6.07 Å². The second-order valence-corrected chi connectivity index (χ2v) is 4.19. The molecule has 0 saturated heterocycles. The highest BCUT2D eigenvalue weighted by atomic mass is 19.1. The van der Waals surface area contributed by atoms with Crippen LogP contribution >= 0.6 is 0 Å². The standard InChI is InChI=1S/C15H13FO5/c1-20-14-6-9(8-17)2-4-13(14)21-12-5-3-10(16)7-11(12)15(18)19/h2-7,17H,8H2,1H3,(H,18,19). The number of aromatic carboxylic acids is 1. The number of benzene rings is 2. The minimum Gasteiger partial charge on any atom is -0.493 e. The summed E-state index contributed by atoms with van der Waals surface area (Å²) in [4.78, 5) is 11.1. The topological polar surface area (TPSA) is 76.0 Å². The van der Waals surface area contributed by atoms with E-state index < -0.39 is 11.8 Å². The average molecular weight is 292 g/mol. The van der Waals surface area contributed by atoms with Gasteiger partial charge in [0.15, 0.2) is 11.5 Å². The van der Waals surface area contributed by atoms with Gasteiger partial charge in [-0.15, -0.1) is 0 Å². The molecule has 0 aliphatic carbocycles. The zero-order valence-corrected chi connectivity index (χ0v) is 11.2. The Hall–Kier alpha value is -2.60. The van der Waals surface area contributed by atoms with E-state index in [9.17, 15) is 9.18 Å². The summed E-state index contributed by atoms with van der Waals surface area (Å²) in [7, 11) is 1.42. The van der Waals surface area contributed by atoms with Gasteiger partial charge in [0.1, 0.15) is 17.1 Å². The number of carboxylic acids is 1. The van der Waals surface area contributed by atoms with E-state index >= 15 is 0 Å². The quantitative estimate of drug-likeness (QED) is 0.886. The summed E-state index contributed by atoms with van der Waals surface area (Å²) in [6.07, 6.45) is 0. The third-order valence-electron chi connectivity index (χ3n) is 2.80. The number of halogens is 1. The van der Waals surface area contributed by atoms with Gasteiger partial charge in [-0.05, 0) is 35.9 Å². The van der Waals surface area contributed by atoms with Gasteiger partial charge < -0.3 is 19.7 Å². The van der Waals surface area contributed by atoms with Crippen molar-refractivity contribution in [3.63, 3.8) is 0 Å². The number of hydrogen-bond donors (Lipinski definition) is 2. The normalized spacial score (nSPS) is 10.2. The highest BCUT2D eigenvalue weighted by molar-refractivity contribution is 5.91. The van der Waals surface area contributed by atoms with Gasteiger partial charge in [-0.25, -0.2) is 9.18 Å². The van der Waals surface area contributed by atoms with Crippen LogP contribution in [0.5, 0.6) is 17.2 Å². The SMILES string of the molecule is COc1cc(CO)ccc1Oc1ccc(F)cc1C(=O)O. The summed E-state index contributed by atoms with van der Waals surface area (Å²) in [5, 5.41) is 18.1. The fourth-order valence-corrected chi connectivity index (χ4v) is 1.77. The first kappa shape index (κ1) is 14.8. The fraction of sp³-hybridized carbons (Fsp3) is 0.133. The van der Waals surface area contributed by atoms with E-state index in [1.54, 1.807) is 18.2 Å². The molecule has 0 fully saturated rings. The van der Waals surface area contributed by atoms with Crippen molar-refractivity contribution in [3.8, 4) is 17.2 Å². The second-order valence-electron chi connectivity index (χ2n) is 4.19. The maximum atomic E-state index is 13.1. The molecule has 0 spiro atoms. The van der Waals surface area contributed by atoms with Crippen LogP contribution in [0.2, 0.25) is 0 Å². The molecule has 0 bridgehead atoms. The smallest absolute Gasteiger partial charge is 0.339 e. The predicted molar refractivity (Wildman–Crippen MR) is 72.4 cm³/mol. The van der Waals surface area contributed by atoms with Crippen LogP contribution in [0.25, 0.3) is 0 Å². The van der Waals surface area contributed by atoms with Crippen molar-refractivity contribution in [1.29, 1.82) is 0 Å². The molecule has 0 atom stereocenters. The van der Waals surface area contributed by atoms with E-state index in [1.165, 1.54) is 13.2 Å². The summed E-state index contributed by atoms with van der Waals surface area (Å²) in [5.41, 5.74) is 0.333. The minimum atomic E-state index is -1.30. The molecule has 110 valence electrons. The predicted octanol–water partition coefficient (Wildman–Crippen LogP) is 2.82. The monoisotopic (exact) mass is 292 g/mol. The van der Waals surface area contributed by atoms with Gasteiger partial charge in [0.25, 0.3) is 0 Å². The lowest BCUT2D eigenvalue weighted by molar-refractivity contribution is 0.0693. The highest BCUT2D eigenvalue weighted by Crippen LogP contribution is 2.34. The number of methoxy groups -OCH3 is 1. The highest BCUT2D eigenvalue weighted by Gasteiger charge is 2.15. The van der Waals surface area contributed by atoms with E-state index in [2.05, 4.69) is 0 Å². The first-order valence-corrected chi connectivity index (χ1v) is 6.03. The molecule has 2 N–H and O–H groups in total. The zero-order valence-electron chi connectivity index (χ0n) is 11.2. The molecule has 0 heterocycles. The fourth-order valence-electron chi connectivity index (χ4n) is 1.77. The minimum absolute atomic E-state index is 0.000974. The second kappa shape index (κ2) is 6.23. The molecule has 0 amide bonds.